The molecule has 0 amide bonds. The Morgan fingerprint density at radius 2 is 1.79 bits per heavy atom. The number of rotatable bonds is 3. The van der Waals surface area contributed by atoms with E-state index in [2.05, 4.69) is 21.3 Å². The zero-order chi connectivity index (χ0) is 16.5. The highest BCUT2D eigenvalue weighted by Crippen LogP contribution is 2.30. The molecule has 4 nitrogen and oxygen atoms in total. The summed E-state index contributed by atoms with van der Waals surface area (Å²) >= 11 is 6.22. The highest BCUT2D eigenvalue weighted by atomic mass is 35.5. The van der Waals surface area contributed by atoms with E-state index < -0.39 is 0 Å². The van der Waals surface area contributed by atoms with E-state index in [-0.39, 0.29) is 0 Å². The van der Waals surface area contributed by atoms with E-state index in [1.54, 1.807) is 0 Å². The standard InChI is InChI=1S/C19H19ClN4/c1-13-15(20)8-6-10-16(13)21-19-22-17-9-3-2-7-14(17)18(23-19)24-11-4-5-12-24/h2-3,6-10H,4-5,11-12H2,1H3,(H,21,22,23). The van der Waals surface area contributed by atoms with Crippen molar-refractivity contribution in [2.24, 2.45) is 0 Å². The molecule has 0 atom stereocenters. The molecule has 122 valence electrons. The van der Waals surface area contributed by atoms with E-state index in [9.17, 15) is 0 Å². The highest BCUT2D eigenvalue weighted by Gasteiger charge is 2.18. The van der Waals surface area contributed by atoms with Crippen LogP contribution in [-0.2, 0) is 0 Å². The zero-order valence-electron chi connectivity index (χ0n) is 13.6. The molecule has 3 aromatic rings. The predicted molar refractivity (Wildman–Crippen MR) is 100 cm³/mol. The Morgan fingerprint density at radius 1 is 1.00 bits per heavy atom. The molecule has 24 heavy (non-hydrogen) atoms. The fraction of sp³-hybridized carbons (Fsp3) is 0.263. The van der Waals surface area contributed by atoms with Gasteiger partial charge in [0.2, 0.25) is 5.95 Å². The van der Waals surface area contributed by atoms with Crippen LogP contribution in [0.3, 0.4) is 0 Å². The van der Waals surface area contributed by atoms with Crippen molar-refractivity contribution in [1.29, 1.82) is 0 Å². The topological polar surface area (TPSA) is 41.1 Å². The van der Waals surface area contributed by atoms with Gasteiger partial charge >= 0.3 is 0 Å². The Bertz CT molecular complexity index is 888. The Morgan fingerprint density at radius 3 is 2.62 bits per heavy atom. The zero-order valence-corrected chi connectivity index (χ0v) is 14.3. The minimum absolute atomic E-state index is 0.612. The van der Waals surface area contributed by atoms with Gasteiger partial charge in [-0.1, -0.05) is 29.8 Å². The second-order valence-corrected chi connectivity index (χ2v) is 6.53. The lowest BCUT2D eigenvalue weighted by atomic mass is 10.2. The van der Waals surface area contributed by atoms with Crippen molar-refractivity contribution in [1.82, 2.24) is 9.97 Å². The number of benzene rings is 2. The van der Waals surface area contributed by atoms with Crippen molar-refractivity contribution in [2.45, 2.75) is 19.8 Å². The summed E-state index contributed by atoms with van der Waals surface area (Å²) < 4.78 is 0. The average Bonchev–Trinajstić information content (AvgIpc) is 3.13. The van der Waals surface area contributed by atoms with Gasteiger partial charge in [-0.2, -0.15) is 4.98 Å². The van der Waals surface area contributed by atoms with Crippen LogP contribution in [0.4, 0.5) is 17.5 Å². The second-order valence-electron chi connectivity index (χ2n) is 6.12. The van der Waals surface area contributed by atoms with E-state index in [1.807, 2.05) is 43.3 Å². The molecule has 1 fully saturated rings. The molecule has 0 unspecified atom stereocenters. The smallest absolute Gasteiger partial charge is 0.229 e. The molecule has 1 aliphatic rings. The summed E-state index contributed by atoms with van der Waals surface area (Å²) in [6.07, 6.45) is 2.43. The van der Waals surface area contributed by atoms with Crippen LogP contribution in [0.25, 0.3) is 10.9 Å². The molecule has 2 aromatic carbocycles. The van der Waals surface area contributed by atoms with Crippen LogP contribution in [-0.4, -0.2) is 23.1 Å². The lowest BCUT2D eigenvalue weighted by Gasteiger charge is -2.19. The number of fused-ring (bicyclic) bond motifs is 1. The molecular weight excluding hydrogens is 320 g/mol. The average molecular weight is 339 g/mol. The predicted octanol–water partition coefficient (Wildman–Crippen LogP) is 4.94. The first-order valence-corrected chi connectivity index (χ1v) is 8.64. The van der Waals surface area contributed by atoms with Gasteiger partial charge in [0.05, 0.1) is 5.52 Å². The summed E-state index contributed by atoms with van der Waals surface area (Å²) in [4.78, 5) is 11.8. The maximum absolute atomic E-state index is 6.22. The minimum atomic E-state index is 0.612. The normalized spacial score (nSPS) is 14.3. The number of halogens is 1. The Kier molecular flexibility index (Phi) is 3.98. The van der Waals surface area contributed by atoms with Gasteiger partial charge in [-0.3, -0.25) is 0 Å². The van der Waals surface area contributed by atoms with Gasteiger partial charge in [-0.05, 0) is 49.6 Å². The first-order valence-electron chi connectivity index (χ1n) is 8.26. The lowest BCUT2D eigenvalue weighted by Crippen LogP contribution is -2.20. The maximum Gasteiger partial charge on any atom is 0.229 e. The van der Waals surface area contributed by atoms with Crippen molar-refractivity contribution in [2.75, 3.05) is 23.3 Å². The summed E-state index contributed by atoms with van der Waals surface area (Å²) in [7, 11) is 0. The molecule has 0 saturated carbocycles. The maximum atomic E-state index is 6.22. The summed E-state index contributed by atoms with van der Waals surface area (Å²) in [6.45, 7) is 4.10. The van der Waals surface area contributed by atoms with Gasteiger partial charge in [0, 0.05) is 29.2 Å². The van der Waals surface area contributed by atoms with Crippen LogP contribution in [0.1, 0.15) is 18.4 Å². The van der Waals surface area contributed by atoms with Crippen molar-refractivity contribution < 1.29 is 0 Å². The van der Waals surface area contributed by atoms with Gasteiger partial charge < -0.3 is 10.2 Å². The summed E-state index contributed by atoms with van der Waals surface area (Å²) in [5, 5.41) is 5.18. The largest absolute Gasteiger partial charge is 0.356 e. The number of aromatic nitrogens is 2. The molecular formula is C19H19ClN4. The SMILES string of the molecule is Cc1c(Cl)cccc1Nc1nc(N2CCCC2)c2ccccc2n1. The first-order chi connectivity index (χ1) is 11.7. The van der Waals surface area contributed by atoms with Crippen LogP contribution >= 0.6 is 11.6 Å². The van der Waals surface area contributed by atoms with E-state index in [0.29, 0.717) is 5.95 Å². The van der Waals surface area contributed by atoms with E-state index >= 15 is 0 Å². The minimum Gasteiger partial charge on any atom is -0.356 e. The molecule has 5 heteroatoms. The fourth-order valence-corrected chi connectivity index (χ4v) is 3.32. The first kappa shape index (κ1) is 15.2. The molecule has 1 aromatic heterocycles. The molecule has 0 spiro atoms. The van der Waals surface area contributed by atoms with Crippen molar-refractivity contribution in [3.05, 3.63) is 53.1 Å². The number of hydrogen-bond donors (Lipinski definition) is 1. The van der Waals surface area contributed by atoms with Crippen molar-refractivity contribution in [3.63, 3.8) is 0 Å². The quantitative estimate of drug-likeness (QED) is 0.734. The van der Waals surface area contributed by atoms with Gasteiger partial charge in [-0.25, -0.2) is 4.98 Å². The van der Waals surface area contributed by atoms with Crippen LogP contribution in [0.5, 0.6) is 0 Å². The lowest BCUT2D eigenvalue weighted by molar-refractivity contribution is 0.941. The molecule has 1 N–H and O–H groups in total. The summed E-state index contributed by atoms with van der Waals surface area (Å²) in [5.74, 6) is 1.63. The molecule has 1 aliphatic heterocycles. The molecule has 0 aliphatic carbocycles. The van der Waals surface area contributed by atoms with Crippen molar-refractivity contribution >= 4 is 40.0 Å². The number of nitrogens with one attached hydrogen (secondary N) is 1. The monoisotopic (exact) mass is 338 g/mol. The molecule has 0 bridgehead atoms. The van der Waals surface area contributed by atoms with Crippen LogP contribution in [0.2, 0.25) is 5.02 Å². The Balaban J connectivity index is 1.79. The van der Waals surface area contributed by atoms with Crippen LogP contribution < -0.4 is 10.2 Å². The molecule has 1 saturated heterocycles. The number of anilines is 3. The fourth-order valence-electron chi connectivity index (χ4n) is 3.15. The van der Waals surface area contributed by atoms with E-state index in [1.165, 1.54) is 12.8 Å². The van der Waals surface area contributed by atoms with Gasteiger partial charge in [0.25, 0.3) is 0 Å². The third-order valence-electron chi connectivity index (χ3n) is 4.50. The van der Waals surface area contributed by atoms with Gasteiger partial charge in [0.15, 0.2) is 0 Å². The molecule has 0 radical (unpaired) electrons. The van der Waals surface area contributed by atoms with Gasteiger partial charge in [0.1, 0.15) is 5.82 Å². The Hall–Kier alpha value is -2.33. The molecule has 2 heterocycles. The number of para-hydroxylation sites is 1. The van der Waals surface area contributed by atoms with E-state index in [4.69, 9.17) is 16.6 Å². The Labute approximate surface area is 146 Å². The third-order valence-corrected chi connectivity index (χ3v) is 4.91. The summed E-state index contributed by atoms with van der Waals surface area (Å²) in [6, 6.07) is 14.0. The van der Waals surface area contributed by atoms with Crippen LogP contribution in [0.15, 0.2) is 42.5 Å². The van der Waals surface area contributed by atoms with Crippen LogP contribution in [0, 0.1) is 6.92 Å². The third kappa shape index (κ3) is 2.78. The molecule has 4 rings (SSSR count). The second kappa shape index (κ2) is 6.29. The number of nitrogens with zero attached hydrogens (tertiary/aromatic N) is 3. The highest BCUT2D eigenvalue weighted by molar-refractivity contribution is 6.31. The summed E-state index contributed by atoms with van der Waals surface area (Å²) in [5.41, 5.74) is 2.89. The number of hydrogen-bond acceptors (Lipinski definition) is 4. The van der Waals surface area contributed by atoms with E-state index in [0.717, 1.165) is 46.1 Å². The van der Waals surface area contributed by atoms with Gasteiger partial charge in [-0.15, -0.1) is 0 Å². The van der Waals surface area contributed by atoms with Crippen molar-refractivity contribution in [3.8, 4) is 0 Å².